The molecule has 0 aliphatic rings. The fraction of sp³-hybridized carbons (Fsp3) is 0.0909. The van der Waals surface area contributed by atoms with Crippen molar-refractivity contribution in [1.29, 1.82) is 0 Å². The van der Waals surface area contributed by atoms with E-state index in [0.29, 0.717) is 22.1 Å². The van der Waals surface area contributed by atoms with Gasteiger partial charge in [-0.15, -0.1) is 10.2 Å². The molecule has 0 atom stereocenters. The predicted octanol–water partition coefficient (Wildman–Crippen LogP) is 2.44. The number of hydrogen-bond donors (Lipinski definition) is 0. The highest BCUT2D eigenvalue weighted by molar-refractivity contribution is 6.29. The minimum absolute atomic E-state index is 0.254. The SMILES string of the molecule is FC(F)Oc1cnc(-c2ccc(Cl)n3cnnc23)cn1. The highest BCUT2D eigenvalue weighted by Crippen LogP contribution is 2.24. The fourth-order valence-electron chi connectivity index (χ4n) is 1.69. The van der Waals surface area contributed by atoms with Crippen molar-refractivity contribution in [3.8, 4) is 17.1 Å². The Hall–Kier alpha value is -2.35. The molecule has 0 fully saturated rings. The molecule has 0 spiro atoms. The summed E-state index contributed by atoms with van der Waals surface area (Å²) in [5.74, 6) is -0.254. The number of pyridine rings is 1. The van der Waals surface area contributed by atoms with Crippen molar-refractivity contribution in [2.24, 2.45) is 0 Å². The van der Waals surface area contributed by atoms with Crippen LogP contribution in [-0.4, -0.2) is 31.2 Å². The summed E-state index contributed by atoms with van der Waals surface area (Å²) in [6, 6.07) is 3.35. The number of halogens is 3. The van der Waals surface area contributed by atoms with Gasteiger partial charge >= 0.3 is 6.61 Å². The van der Waals surface area contributed by atoms with Crippen LogP contribution in [0.1, 0.15) is 0 Å². The first kappa shape index (κ1) is 12.7. The summed E-state index contributed by atoms with van der Waals surface area (Å²) in [5, 5.41) is 8.14. The average Bonchev–Trinajstić information content (AvgIpc) is 2.90. The minimum atomic E-state index is -2.94. The number of alkyl halides is 2. The lowest BCUT2D eigenvalue weighted by atomic mass is 10.2. The molecule has 3 aromatic heterocycles. The number of rotatable bonds is 3. The second kappa shape index (κ2) is 4.97. The molecule has 6 nitrogen and oxygen atoms in total. The van der Waals surface area contributed by atoms with Crippen LogP contribution in [0, 0.1) is 0 Å². The molecule has 0 saturated heterocycles. The van der Waals surface area contributed by atoms with Crippen LogP contribution in [0.2, 0.25) is 5.15 Å². The highest BCUT2D eigenvalue weighted by atomic mass is 35.5. The van der Waals surface area contributed by atoms with Gasteiger partial charge in [0.2, 0.25) is 5.88 Å². The monoisotopic (exact) mass is 297 g/mol. The first-order valence-corrected chi connectivity index (χ1v) is 5.78. The first-order chi connectivity index (χ1) is 9.65. The smallest absolute Gasteiger partial charge is 0.388 e. The topological polar surface area (TPSA) is 65.2 Å². The van der Waals surface area contributed by atoms with Gasteiger partial charge < -0.3 is 4.74 Å². The Labute approximate surface area is 116 Å². The zero-order valence-corrected chi connectivity index (χ0v) is 10.5. The van der Waals surface area contributed by atoms with E-state index >= 15 is 0 Å². The summed E-state index contributed by atoms with van der Waals surface area (Å²) in [5.41, 5.74) is 1.57. The molecule has 0 aliphatic heterocycles. The number of aromatic nitrogens is 5. The lowest BCUT2D eigenvalue weighted by molar-refractivity contribution is -0.0530. The largest absolute Gasteiger partial charge is 0.415 e. The van der Waals surface area contributed by atoms with Crippen molar-refractivity contribution >= 4 is 17.2 Å². The first-order valence-electron chi connectivity index (χ1n) is 5.40. The summed E-state index contributed by atoms with van der Waals surface area (Å²) < 4.78 is 29.8. The van der Waals surface area contributed by atoms with Crippen LogP contribution in [0.5, 0.6) is 5.88 Å². The molecule has 0 saturated carbocycles. The molecule has 0 amide bonds. The lowest BCUT2D eigenvalue weighted by Crippen LogP contribution is -2.04. The molecule has 102 valence electrons. The van der Waals surface area contributed by atoms with Crippen LogP contribution in [0.25, 0.3) is 16.9 Å². The van der Waals surface area contributed by atoms with Crippen LogP contribution in [-0.2, 0) is 0 Å². The highest BCUT2D eigenvalue weighted by Gasteiger charge is 2.11. The third kappa shape index (κ3) is 2.25. The van der Waals surface area contributed by atoms with E-state index in [0.717, 1.165) is 6.20 Å². The fourth-order valence-corrected chi connectivity index (χ4v) is 1.88. The van der Waals surface area contributed by atoms with E-state index in [1.165, 1.54) is 12.5 Å². The van der Waals surface area contributed by atoms with Gasteiger partial charge in [-0.05, 0) is 12.1 Å². The molecule has 0 aliphatic carbocycles. The van der Waals surface area contributed by atoms with Crippen molar-refractivity contribution in [3.05, 3.63) is 36.0 Å². The minimum Gasteiger partial charge on any atom is -0.415 e. The Morgan fingerprint density at radius 2 is 2.05 bits per heavy atom. The predicted molar refractivity (Wildman–Crippen MR) is 65.7 cm³/mol. The molecule has 0 N–H and O–H groups in total. The molecule has 0 unspecified atom stereocenters. The van der Waals surface area contributed by atoms with E-state index < -0.39 is 6.61 Å². The molecule has 3 aromatic rings. The van der Waals surface area contributed by atoms with E-state index in [1.807, 2.05) is 0 Å². The van der Waals surface area contributed by atoms with Crippen LogP contribution in [0.4, 0.5) is 8.78 Å². The van der Waals surface area contributed by atoms with Gasteiger partial charge in [-0.3, -0.25) is 4.40 Å². The quantitative estimate of drug-likeness (QED) is 0.695. The van der Waals surface area contributed by atoms with E-state index in [2.05, 4.69) is 24.9 Å². The van der Waals surface area contributed by atoms with Crippen molar-refractivity contribution in [2.45, 2.75) is 6.61 Å². The Balaban J connectivity index is 2.03. The second-order valence-corrected chi connectivity index (χ2v) is 4.10. The zero-order chi connectivity index (χ0) is 14.1. The van der Waals surface area contributed by atoms with Crippen LogP contribution < -0.4 is 4.74 Å². The van der Waals surface area contributed by atoms with Gasteiger partial charge in [0, 0.05) is 5.56 Å². The van der Waals surface area contributed by atoms with Crippen LogP contribution in [0.15, 0.2) is 30.9 Å². The molecule has 20 heavy (non-hydrogen) atoms. The van der Waals surface area contributed by atoms with Gasteiger partial charge in [-0.1, -0.05) is 11.6 Å². The van der Waals surface area contributed by atoms with Gasteiger partial charge in [0.15, 0.2) is 5.65 Å². The Bertz CT molecular complexity index is 746. The Morgan fingerprint density at radius 3 is 2.75 bits per heavy atom. The van der Waals surface area contributed by atoms with Crippen molar-refractivity contribution < 1.29 is 13.5 Å². The van der Waals surface area contributed by atoms with Crippen LogP contribution in [0.3, 0.4) is 0 Å². The standard InChI is InChI=1S/C11H6ClF2N5O/c12-8-2-1-6(10-18-17-5-19(8)10)7-3-16-9(4-15-7)20-11(13)14/h1-5,11H. The van der Waals surface area contributed by atoms with E-state index in [4.69, 9.17) is 11.6 Å². The Kier molecular flexibility index (Phi) is 3.15. The maximum absolute atomic E-state index is 12.0. The number of nitrogens with zero attached hydrogens (tertiary/aromatic N) is 5. The molecule has 0 radical (unpaired) electrons. The van der Waals surface area contributed by atoms with Gasteiger partial charge in [0.25, 0.3) is 0 Å². The third-order valence-corrected chi connectivity index (χ3v) is 2.83. The third-order valence-electron chi connectivity index (χ3n) is 2.52. The summed E-state index contributed by atoms with van der Waals surface area (Å²) in [6.45, 7) is -2.94. The maximum Gasteiger partial charge on any atom is 0.388 e. The number of fused-ring (bicyclic) bond motifs is 1. The number of hydrogen-bond acceptors (Lipinski definition) is 5. The van der Waals surface area contributed by atoms with Crippen LogP contribution >= 0.6 is 11.6 Å². The summed E-state index contributed by atoms with van der Waals surface area (Å²) in [4.78, 5) is 7.77. The normalized spacial score (nSPS) is 11.2. The van der Waals surface area contributed by atoms with Gasteiger partial charge in [0.1, 0.15) is 11.5 Å². The van der Waals surface area contributed by atoms with Gasteiger partial charge in [-0.25, -0.2) is 9.97 Å². The van der Waals surface area contributed by atoms with Gasteiger partial charge in [0.05, 0.1) is 18.1 Å². The summed E-state index contributed by atoms with van der Waals surface area (Å²) in [6.07, 6.45) is 3.89. The lowest BCUT2D eigenvalue weighted by Gasteiger charge is -2.05. The molecule has 0 bridgehead atoms. The number of ether oxygens (including phenoxy) is 1. The molecule has 3 heterocycles. The molecule has 9 heteroatoms. The van der Waals surface area contributed by atoms with Gasteiger partial charge in [-0.2, -0.15) is 8.78 Å². The van der Waals surface area contributed by atoms with Crippen molar-refractivity contribution in [3.63, 3.8) is 0 Å². The molecular formula is C11H6ClF2N5O. The van der Waals surface area contributed by atoms with Crippen molar-refractivity contribution in [2.75, 3.05) is 0 Å². The molecule has 0 aromatic carbocycles. The van der Waals surface area contributed by atoms with Crippen molar-refractivity contribution in [1.82, 2.24) is 24.6 Å². The second-order valence-electron chi connectivity index (χ2n) is 3.71. The average molecular weight is 298 g/mol. The summed E-state index contributed by atoms with van der Waals surface area (Å²) in [7, 11) is 0. The molecule has 3 rings (SSSR count). The zero-order valence-electron chi connectivity index (χ0n) is 9.74. The summed E-state index contributed by atoms with van der Waals surface area (Å²) >= 11 is 5.98. The Morgan fingerprint density at radius 1 is 1.20 bits per heavy atom. The maximum atomic E-state index is 12.0. The molecular weight excluding hydrogens is 292 g/mol. The van der Waals surface area contributed by atoms with E-state index in [1.54, 1.807) is 16.5 Å². The van der Waals surface area contributed by atoms with E-state index in [9.17, 15) is 8.78 Å². The van der Waals surface area contributed by atoms with E-state index in [-0.39, 0.29) is 5.88 Å².